The fraction of sp³-hybridized carbons (Fsp3) is 0.156. The molecule has 1 aliphatic rings. The second kappa shape index (κ2) is 12.1. The number of allylic oxidation sites excluding steroid dienone is 1. The van der Waals surface area contributed by atoms with Gasteiger partial charge in [-0.1, -0.05) is 54.3 Å². The minimum Gasteiger partial charge on any atom is -0.497 e. The Morgan fingerprint density at radius 3 is 2.46 bits per heavy atom. The first kappa shape index (κ1) is 27.7. The number of nitrogens with one attached hydrogen (secondary N) is 1. The van der Waals surface area contributed by atoms with Gasteiger partial charge in [-0.15, -0.1) is 0 Å². The standard InChI is InChI=1S/C32H29N3O5S/c1-5-17-40-23-13-11-21(12-14-23)18-27-31(37)35-29(25-16-15-24(38-3)19-26(25)39-4)28(20(2)33-32(35)41-27)30(36)34-22-9-7-6-8-10-22/h5-16,18-19,29H,1,17H2,2-4H3,(H,34,36)/b27-18-/t29-/m1/s1. The molecule has 0 radical (unpaired) electrons. The summed E-state index contributed by atoms with van der Waals surface area (Å²) in [5, 5.41) is 2.96. The van der Waals surface area contributed by atoms with Crippen molar-refractivity contribution in [3.63, 3.8) is 0 Å². The van der Waals surface area contributed by atoms with E-state index in [4.69, 9.17) is 19.2 Å². The Bertz CT molecular complexity index is 1800. The molecule has 8 nitrogen and oxygen atoms in total. The molecule has 9 heteroatoms. The van der Waals surface area contributed by atoms with Crippen LogP contribution in [-0.2, 0) is 4.79 Å². The Morgan fingerprint density at radius 1 is 1.05 bits per heavy atom. The minimum absolute atomic E-state index is 0.263. The zero-order valence-corrected chi connectivity index (χ0v) is 23.7. The quantitative estimate of drug-likeness (QED) is 0.302. The topological polar surface area (TPSA) is 91.1 Å². The van der Waals surface area contributed by atoms with Gasteiger partial charge in [0.25, 0.3) is 11.5 Å². The van der Waals surface area contributed by atoms with Crippen molar-refractivity contribution in [1.29, 1.82) is 0 Å². The number of aromatic nitrogens is 1. The lowest BCUT2D eigenvalue weighted by Crippen LogP contribution is -2.40. The number of nitrogens with zero attached hydrogens (tertiary/aromatic N) is 2. The van der Waals surface area contributed by atoms with Gasteiger partial charge in [0.15, 0.2) is 4.80 Å². The summed E-state index contributed by atoms with van der Waals surface area (Å²) in [6.45, 7) is 5.85. The third kappa shape index (κ3) is 5.71. The first-order valence-corrected chi connectivity index (χ1v) is 13.7. The van der Waals surface area contributed by atoms with Crippen LogP contribution in [0.25, 0.3) is 6.08 Å². The van der Waals surface area contributed by atoms with Crippen LogP contribution in [0.4, 0.5) is 5.69 Å². The van der Waals surface area contributed by atoms with Gasteiger partial charge in [0.1, 0.15) is 29.9 Å². The van der Waals surface area contributed by atoms with E-state index in [2.05, 4.69) is 11.9 Å². The first-order valence-electron chi connectivity index (χ1n) is 12.9. The number of rotatable bonds is 9. The largest absolute Gasteiger partial charge is 0.497 e. The van der Waals surface area contributed by atoms with Crippen LogP contribution in [0.2, 0.25) is 0 Å². The second-order valence-electron chi connectivity index (χ2n) is 9.18. The van der Waals surface area contributed by atoms with Crippen LogP contribution in [0, 0.1) is 0 Å². The number of carbonyl (C=O) groups excluding carboxylic acids is 1. The third-order valence-corrected chi connectivity index (χ3v) is 7.56. The minimum atomic E-state index is -0.785. The van der Waals surface area contributed by atoms with Gasteiger partial charge in [-0.3, -0.25) is 14.2 Å². The molecule has 0 aliphatic carbocycles. The molecule has 1 aromatic heterocycles. The van der Waals surface area contributed by atoms with Crippen LogP contribution in [0.15, 0.2) is 107 Å². The summed E-state index contributed by atoms with van der Waals surface area (Å²) >= 11 is 1.27. The van der Waals surface area contributed by atoms with E-state index in [0.717, 1.165) is 5.56 Å². The highest BCUT2D eigenvalue weighted by molar-refractivity contribution is 7.07. The second-order valence-corrected chi connectivity index (χ2v) is 10.2. The Labute approximate surface area is 241 Å². The van der Waals surface area contributed by atoms with Gasteiger partial charge in [0.05, 0.1) is 30.0 Å². The molecular formula is C32H29N3O5S. The van der Waals surface area contributed by atoms with E-state index in [0.29, 0.717) is 55.7 Å². The molecule has 0 bridgehead atoms. The van der Waals surface area contributed by atoms with Crippen LogP contribution in [0.1, 0.15) is 24.1 Å². The van der Waals surface area contributed by atoms with Gasteiger partial charge in [0, 0.05) is 17.3 Å². The average molecular weight is 568 g/mol. The predicted octanol–water partition coefficient (Wildman–Crippen LogP) is 4.46. The van der Waals surface area contributed by atoms with Crippen molar-refractivity contribution in [2.75, 3.05) is 26.1 Å². The molecule has 0 unspecified atom stereocenters. The van der Waals surface area contributed by atoms with Crippen LogP contribution in [0.3, 0.4) is 0 Å². The van der Waals surface area contributed by atoms with E-state index >= 15 is 0 Å². The van der Waals surface area contributed by atoms with Crippen molar-refractivity contribution in [1.82, 2.24) is 4.57 Å². The molecular weight excluding hydrogens is 538 g/mol. The van der Waals surface area contributed by atoms with Crippen LogP contribution in [-0.4, -0.2) is 31.3 Å². The molecule has 208 valence electrons. The number of methoxy groups -OCH3 is 2. The summed E-state index contributed by atoms with van der Waals surface area (Å²) in [6, 6.07) is 21.2. The molecule has 1 atom stereocenters. The monoisotopic (exact) mass is 567 g/mol. The van der Waals surface area contributed by atoms with Crippen LogP contribution >= 0.6 is 11.3 Å². The number of thiazole rings is 1. The van der Waals surface area contributed by atoms with Gasteiger partial charge in [-0.05, 0) is 55.0 Å². The number of benzene rings is 3. The molecule has 4 aromatic rings. The third-order valence-electron chi connectivity index (χ3n) is 6.58. The van der Waals surface area contributed by atoms with E-state index < -0.39 is 6.04 Å². The molecule has 0 fully saturated rings. The van der Waals surface area contributed by atoms with Crippen molar-refractivity contribution in [3.05, 3.63) is 128 Å². The van der Waals surface area contributed by atoms with Crippen LogP contribution in [0.5, 0.6) is 17.2 Å². The maximum Gasteiger partial charge on any atom is 0.271 e. The van der Waals surface area contributed by atoms with Gasteiger partial charge >= 0.3 is 0 Å². The Hall–Kier alpha value is -4.89. The van der Waals surface area contributed by atoms with Crippen molar-refractivity contribution in [2.45, 2.75) is 13.0 Å². The van der Waals surface area contributed by atoms with Gasteiger partial charge in [-0.25, -0.2) is 4.99 Å². The smallest absolute Gasteiger partial charge is 0.271 e. The highest BCUT2D eigenvalue weighted by Crippen LogP contribution is 2.37. The summed E-state index contributed by atoms with van der Waals surface area (Å²) < 4.78 is 18.7. The van der Waals surface area contributed by atoms with Crippen molar-refractivity contribution in [2.24, 2.45) is 4.99 Å². The van der Waals surface area contributed by atoms with Crippen molar-refractivity contribution in [3.8, 4) is 17.2 Å². The van der Waals surface area contributed by atoms with Crippen LogP contribution < -0.4 is 34.4 Å². The summed E-state index contributed by atoms with van der Waals surface area (Å²) in [5.41, 5.74) is 2.70. The highest BCUT2D eigenvalue weighted by atomic mass is 32.1. The van der Waals surface area contributed by atoms with Gasteiger partial charge in [0.2, 0.25) is 0 Å². The summed E-state index contributed by atoms with van der Waals surface area (Å²) in [5.74, 6) is 1.43. The number of hydrogen-bond donors (Lipinski definition) is 1. The number of fused-ring (bicyclic) bond motifs is 1. The molecule has 0 saturated heterocycles. The lowest BCUT2D eigenvalue weighted by atomic mass is 9.94. The van der Waals surface area contributed by atoms with Gasteiger partial charge in [-0.2, -0.15) is 0 Å². The predicted molar refractivity (Wildman–Crippen MR) is 161 cm³/mol. The molecule has 3 aromatic carbocycles. The van der Waals surface area contributed by atoms with E-state index in [1.807, 2.05) is 54.6 Å². The van der Waals surface area contributed by atoms with Crippen molar-refractivity contribution >= 4 is 29.0 Å². The molecule has 1 aliphatic heterocycles. The van der Waals surface area contributed by atoms with E-state index in [9.17, 15) is 9.59 Å². The number of anilines is 1. The molecule has 1 N–H and O–H groups in total. The van der Waals surface area contributed by atoms with E-state index in [1.165, 1.54) is 11.3 Å². The fourth-order valence-corrected chi connectivity index (χ4v) is 5.68. The lowest BCUT2D eigenvalue weighted by molar-refractivity contribution is -0.113. The Morgan fingerprint density at radius 2 is 1.78 bits per heavy atom. The zero-order valence-electron chi connectivity index (χ0n) is 22.9. The Kier molecular flexibility index (Phi) is 8.16. The number of carbonyl (C=O) groups is 1. The number of ether oxygens (including phenoxy) is 3. The number of para-hydroxylation sites is 1. The van der Waals surface area contributed by atoms with Crippen molar-refractivity contribution < 1.29 is 19.0 Å². The highest BCUT2D eigenvalue weighted by Gasteiger charge is 2.34. The molecule has 5 rings (SSSR count). The maximum absolute atomic E-state index is 14.0. The molecule has 41 heavy (non-hydrogen) atoms. The molecule has 1 amide bonds. The fourth-order valence-electron chi connectivity index (χ4n) is 4.64. The first-order chi connectivity index (χ1) is 19.9. The molecule has 0 spiro atoms. The van der Waals surface area contributed by atoms with E-state index in [-0.39, 0.29) is 11.5 Å². The average Bonchev–Trinajstić information content (AvgIpc) is 3.29. The lowest BCUT2D eigenvalue weighted by Gasteiger charge is -2.26. The normalized spacial score (nSPS) is 14.6. The summed E-state index contributed by atoms with van der Waals surface area (Å²) in [6.07, 6.45) is 3.49. The summed E-state index contributed by atoms with van der Waals surface area (Å²) in [4.78, 5) is 33.0. The number of hydrogen-bond acceptors (Lipinski definition) is 7. The number of amides is 1. The Balaban J connectivity index is 1.65. The van der Waals surface area contributed by atoms with E-state index in [1.54, 1.807) is 56.1 Å². The maximum atomic E-state index is 14.0. The summed E-state index contributed by atoms with van der Waals surface area (Å²) in [7, 11) is 3.11. The molecule has 0 saturated carbocycles. The zero-order chi connectivity index (χ0) is 28.9. The SMILES string of the molecule is C=CCOc1ccc(/C=c2\sc3n(c2=O)[C@H](c2ccc(OC)cc2OC)C(C(=O)Nc2ccccc2)=C(C)N=3)cc1. The van der Waals surface area contributed by atoms with Gasteiger partial charge < -0.3 is 19.5 Å². The molecule has 2 heterocycles.